The zero-order chi connectivity index (χ0) is 17.4. The van der Waals surface area contributed by atoms with Crippen LogP contribution in [0.5, 0.6) is 5.75 Å². The number of ether oxygens (including phenoxy) is 1. The number of carbonyl (C=O) groups excluding carboxylic acids is 1. The number of nitro benzene ring substituents is 1. The molecule has 124 valence electrons. The average Bonchev–Trinajstić information content (AvgIpc) is 2.60. The Morgan fingerprint density at radius 2 is 2.04 bits per heavy atom. The molecular weight excluding hydrogens is 310 g/mol. The van der Waals surface area contributed by atoms with E-state index >= 15 is 0 Å². The lowest BCUT2D eigenvalue weighted by molar-refractivity contribution is -0.384. The third kappa shape index (κ3) is 5.20. The number of nitro groups is 1. The summed E-state index contributed by atoms with van der Waals surface area (Å²) in [5.74, 6) is 0.235. The zero-order valence-corrected chi connectivity index (χ0v) is 13.1. The summed E-state index contributed by atoms with van der Waals surface area (Å²) >= 11 is 0. The van der Waals surface area contributed by atoms with Gasteiger partial charge in [-0.3, -0.25) is 14.9 Å². The summed E-state index contributed by atoms with van der Waals surface area (Å²) < 4.78 is 5.39. The molecule has 0 aromatic heterocycles. The molecular formula is C17H17N3O4. The van der Waals surface area contributed by atoms with E-state index in [2.05, 4.69) is 10.5 Å². The Bertz CT molecular complexity index is 742. The fourth-order valence-electron chi connectivity index (χ4n) is 1.90. The highest BCUT2D eigenvalue weighted by Crippen LogP contribution is 2.13. The number of nitrogens with one attached hydrogen (secondary N) is 1. The third-order valence-corrected chi connectivity index (χ3v) is 3.18. The molecule has 0 spiro atoms. The first kappa shape index (κ1) is 17.1. The molecule has 2 aromatic carbocycles. The molecule has 1 N–H and O–H groups in total. The highest BCUT2D eigenvalue weighted by molar-refractivity contribution is 5.83. The zero-order valence-electron chi connectivity index (χ0n) is 13.1. The van der Waals surface area contributed by atoms with Crippen LogP contribution in [0.4, 0.5) is 5.69 Å². The Morgan fingerprint density at radius 3 is 2.71 bits per heavy atom. The first-order valence-electron chi connectivity index (χ1n) is 7.36. The SMILES string of the molecule is CCc1cccc(OCC(=O)N/N=C/c2ccc([N+](=O)[O-])cc2)c1. The lowest BCUT2D eigenvalue weighted by Crippen LogP contribution is -2.24. The quantitative estimate of drug-likeness (QED) is 0.480. The van der Waals surface area contributed by atoms with Crippen molar-refractivity contribution in [1.29, 1.82) is 0 Å². The topological polar surface area (TPSA) is 93.8 Å². The summed E-state index contributed by atoms with van der Waals surface area (Å²) in [6.07, 6.45) is 2.29. The van der Waals surface area contributed by atoms with Gasteiger partial charge in [0, 0.05) is 12.1 Å². The van der Waals surface area contributed by atoms with Crippen molar-refractivity contribution in [3.63, 3.8) is 0 Å². The number of benzene rings is 2. The Balaban J connectivity index is 1.80. The second-order valence-electron chi connectivity index (χ2n) is 4.93. The lowest BCUT2D eigenvalue weighted by Gasteiger charge is -2.06. The smallest absolute Gasteiger partial charge is 0.277 e. The van der Waals surface area contributed by atoms with E-state index in [0.29, 0.717) is 11.3 Å². The second-order valence-corrected chi connectivity index (χ2v) is 4.93. The molecule has 0 aliphatic carbocycles. The molecule has 7 heteroatoms. The van der Waals surface area contributed by atoms with Gasteiger partial charge in [0.1, 0.15) is 5.75 Å². The first-order chi connectivity index (χ1) is 11.6. The Kier molecular flexibility index (Phi) is 6.01. The van der Waals surface area contributed by atoms with Gasteiger partial charge < -0.3 is 4.74 Å². The number of rotatable bonds is 7. The molecule has 24 heavy (non-hydrogen) atoms. The van der Waals surface area contributed by atoms with Gasteiger partial charge in [0.2, 0.25) is 0 Å². The molecule has 0 saturated carbocycles. The van der Waals surface area contributed by atoms with Gasteiger partial charge >= 0.3 is 0 Å². The molecule has 0 radical (unpaired) electrons. The molecule has 0 fully saturated rings. The number of non-ortho nitro benzene ring substituents is 1. The van der Waals surface area contributed by atoms with Crippen molar-refractivity contribution < 1.29 is 14.5 Å². The van der Waals surface area contributed by atoms with Crippen molar-refractivity contribution in [1.82, 2.24) is 5.43 Å². The maximum absolute atomic E-state index is 11.7. The normalized spacial score (nSPS) is 10.5. The van der Waals surface area contributed by atoms with Crippen LogP contribution in [0.15, 0.2) is 53.6 Å². The monoisotopic (exact) mass is 327 g/mol. The minimum absolute atomic E-state index is 0.00102. The van der Waals surface area contributed by atoms with Gasteiger partial charge in [-0.05, 0) is 41.8 Å². The minimum Gasteiger partial charge on any atom is -0.484 e. The van der Waals surface area contributed by atoms with Crippen molar-refractivity contribution in [3.05, 3.63) is 69.8 Å². The van der Waals surface area contributed by atoms with Gasteiger partial charge in [-0.15, -0.1) is 0 Å². The van der Waals surface area contributed by atoms with Gasteiger partial charge in [0.25, 0.3) is 11.6 Å². The number of hydrogen-bond donors (Lipinski definition) is 1. The number of hydrogen-bond acceptors (Lipinski definition) is 5. The van der Waals surface area contributed by atoms with Crippen molar-refractivity contribution >= 4 is 17.8 Å². The fourth-order valence-corrected chi connectivity index (χ4v) is 1.90. The largest absolute Gasteiger partial charge is 0.484 e. The van der Waals surface area contributed by atoms with Crippen LogP contribution in [0.3, 0.4) is 0 Å². The third-order valence-electron chi connectivity index (χ3n) is 3.18. The van der Waals surface area contributed by atoms with E-state index in [1.165, 1.54) is 18.3 Å². The molecule has 0 bridgehead atoms. The van der Waals surface area contributed by atoms with Crippen LogP contribution in [-0.2, 0) is 11.2 Å². The first-order valence-corrected chi connectivity index (χ1v) is 7.36. The fraction of sp³-hybridized carbons (Fsp3) is 0.176. The highest BCUT2D eigenvalue weighted by atomic mass is 16.6. The Hall–Kier alpha value is -3.22. The number of amides is 1. The van der Waals surface area contributed by atoms with E-state index in [0.717, 1.165) is 12.0 Å². The van der Waals surface area contributed by atoms with Gasteiger partial charge in [-0.1, -0.05) is 19.1 Å². The number of aryl methyl sites for hydroxylation is 1. The maximum atomic E-state index is 11.7. The van der Waals surface area contributed by atoms with Crippen LogP contribution in [0.25, 0.3) is 0 Å². The van der Waals surface area contributed by atoms with E-state index < -0.39 is 10.8 Å². The molecule has 0 unspecified atom stereocenters. The maximum Gasteiger partial charge on any atom is 0.277 e. The molecule has 0 atom stereocenters. The molecule has 0 aliphatic heterocycles. The average molecular weight is 327 g/mol. The molecule has 2 aromatic rings. The Labute approximate surface area is 139 Å². The van der Waals surface area contributed by atoms with E-state index in [1.807, 2.05) is 25.1 Å². The molecule has 7 nitrogen and oxygen atoms in total. The molecule has 0 heterocycles. The van der Waals surface area contributed by atoms with Crippen molar-refractivity contribution in [2.45, 2.75) is 13.3 Å². The van der Waals surface area contributed by atoms with Crippen molar-refractivity contribution in [2.75, 3.05) is 6.61 Å². The van der Waals surface area contributed by atoms with E-state index in [4.69, 9.17) is 4.74 Å². The van der Waals surface area contributed by atoms with Crippen LogP contribution in [0.2, 0.25) is 0 Å². The molecule has 2 rings (SSSR count). The van der Waals surface area contributed by atoms with Crippen LogP contribution >= 0.6 is 0 Å². The van der Waals surface area contributed by atoms with Gasteiger partial charge in [0.15, 0.2) is 6.61 Å². The van der Waals surface area contributed by atoms with Crippen LogP contribution in [0, 0.1) is 10.1 Å². The molecule has 0 aliphatic rings. The number of carbonyl (C=O) groups is 1. The Morgan fingerprint density at radius 1 is 1.29 bits per heavy atom. The van der Waals surface area contributed by atoms with Gasteiger partial charge in [0.05, 0.1) is 11.1 Å². The van der Waals surface area contributed by atoms with E-state index in [9.17, 15) is 14.9 Å². The predicted molar refractivity (Wildman–Crippen MR) is 90.1 cm³/mol. The minimum atomic E-state index is -0.479. The standard InChI is InChI=1S/C17H17N3O4/c1-2-13-4-3-5-16(10-13)24-12-17(21)19-18-11-14-6-8-15(9-7-14)20(22)23/h3-11H,2,12H2,1H3,(H,19,21)/b18-11+. The summed E-state index contributed by atoms with van der Waals surface area (Å²) in [4.78, 5) is 21.7. The summed E-state index contributed by atoms with van der Waals surface area (Å²) in [6, 6.07) is 13.3. The summed E-state index contributed by atoms with van der Waals surface area (Å²) in [5, 5.41) is 14.3. The molecule has 1 amide bonds. The van der Waals surface area contributed by atoms with Crippen molar-refractivity contribution in [2.24, 2.45) is 5.10 Å². The van der Waals surface area contributed by atoms with Crippen LogP contribution in [0.1, 0.15) is 18.1 Å². The van der Waals surface area contributed by atoms with Crippen molar-refractivity contribution in [3.8, 4) is 5.75 Å². The summed E-state index contributed by atoms with van der Waals surface area (Å²) in [5.41, 5.74) is 4.10. The number of hydrazone groups is 1. The van der Waals surface area contributed by atoms with Gasteiger partial charge in [-0.25, -0.2) is 5.43 Å². The molecule has 0 saturated heterocycles. The van der Waals surface area contributed by atoms with Crippen LogP contribution < -0.4 is 10.2 Å². The highest BCUT2D eigenvalue weighted by Gasteiger charge is 2.04. The summed E-state index contributed by atoms with van der Waals surface area (Å²) in [7, 11) is 0. The number of nitrogens with zero attached hydrogens (tertiary/aromatic N) is 2. The van der Waals surface area contributed by atoms with Gasteiger partial charge in [-0.2, -0.15) is 5.10 Å². The van der Waals surface area contributed by atoms with E-state index in [1.54, 1.807) is 18.2 Å². The summed E-state index contributed by atoms with van der Waals surface area (Å²) in [6.45, 7) is 1.89. The lowest BCUT2D eigenvalue weighted by atomic mass is 10.2. The van der Waals surface area contributed by atoms with E-state index in [-0.39, 0.29) is 12.3 Å². The predicted octanol–water partition coefficient (Wildman–Crippen LogP) is 2.69. The van der Waals surface area contributed by atoms with Crippen LogP contribution in [-0.4, -0.2) is 23.7 Å². The second kappa shape index (κ2) is 8.42.